The van der Waals surface area contributed by atoms with E-state index in [1.54, 1.807) is 13.8 Å². The monoisotopic (exact) mass is 477 g/mol. The molecule has 1 saturated heterocycles. The van der Waals surface area contributed by atoms with E-state index in [-0.39, 0.29) is 24.7 Å². The Morgan fingerprint density at radius 1 is 1.14 bits per heavy atom. The van der Waals surface area contributed by atoms with Crippen molar-refractivity contribution in [1.29, 1.82) is 0 Å². The minimum Gasteiger partial charge on any atom is -0.357 e. The predicted molar refractivity (Wildman–Crippen MR) is 136 cm³/mol. The lowest BCUT2D eigenvalue weighted by Gasteiger charge is -2.42. The third-order valence-corrected chi connectivity index (χ3v) is 7.58. The summed E-state index contributed by atoms with van der Waals surface area (Å²) in [5.74, 6) is 0.175. The quantitative estimate of drug-likeness (QED) is 0.384. The maximum absolute atomic E-state index is 15.0. The van der Waals surface area contributed by atoms with E-state index in [1.165, 1.54) is 10.9 Å². The lowest BCUT2D eigenvalue weighted by molar-refractivity contribution is 0.0667. The number of rotatable bonds is 6. The van der Waals surface area contributed by atoms with Crippen LogP contribution in [-0.4, -0.2) is 62.8 Å². The fraction of sp³-hybridized carbons (Fsp3) is 0.464. The van der Waals surface area contributed by atoms with Crippen LogP contribution in [0.2, 0.25) is 0 Å². The van der Waals surface area contributed by atoms with E-state index in [0.29, 0.717) is 6.54 Å². The Hall–Kier alpha value is -2.77. The number of hydrogen-bond acceptors (Lipinski definition) is 3. The van der Waals surface area contributed by atoms with Gasteiger partial charge in [0.1, 0.15) is 11.3 Å². The van der Waals surface area contributed by atoms with Crippen molar-refractivity contribution in [2.45, 2.75) is 51.5 Å². The molecular formula is C28H33F2N5. The van der Waals surface area contributed by atoms with Crippen LogP contribution >= 0.6 is 0 Å². The van der Waals surface area contributed by atoms with Gasteiger partial charge in [0.05, 0.1) is 12.7 Å². The minimum atomic E-state index is -1.32. The minimum absolute atomic E-state index is 0.105. The van der Waals surface area contributed by atoms with Gasteiger partial charge in [-0.3, -0.25) is 14.2 Å². The molecule has 1 fully saturated rings. The molecule has 0 radical (unpaired) electrons. The summed E-state index contributed by atoms with van der Waals surface area (Å²) in [4.78, 5) is 16.4. The highest BCUT2D eigenvalue weighted by Crippen LogP contribution is 2.42. The maximum atomic E-state index is 15.0. The van der Waals surface area contributed by atoms with Crippen LogP contribution in [0, 0.1) is 5.92 Å². The van der Waals surface area contributed by atoms with E-state index >= 15 is 0 Å². The average Bonchev–Trinajstić information content (AvgIpc) is 3.35. The van der Waals surface area contributed by atoms with Crippen molar-refractivity contribution in [3.8, 4) is 0 Å². The zero-order chi connectivity index (χ0) is 24.3. The Bertz CT molecular complexity index is 1360. The number of fused-ring (bicyclic) bond motifs is 4. The number of hydrogen-bond donors (Lipinski definition) is 2. The van der Waals surface area contributed by atoms with Gasteiger partial charge < -0.3 is 9.97 Å². The molecule has 7 heteroatoms. The summed E-state index contributed by atoms with van der Waals surface area (Å²) in [7, 11) is 0. The topological polar surface area (TPSA) is 51.0 Å². The van der Waals surface area contributed by atoms with E-state index in [1.807, 2.05) is 12.3 Å². The molecule has 0 aliphatic carbocycles. The summed E-state index contributed by atoms with van der Waals surface area (Å²) in [5.41, 5.74) is 5.27. The third-order valence-electron chi connectivity index (χ3n) is 7.58. The van der Waals surface area contributed by atoms with Gasteiger partial charge in [-0.15, -0.1) is 0 Å². The van der Waals surface area contributed by atoms with Crippen LogP contribution in [-0.2, 0) is 13.0 Å². The van der Waals surface area contributed by atoms with E-state index < -0.39 is 5.67 Å². The van der Waals surface area contributed by atoms with Gasteiger partial charge in [0.25, 0.3) is 0 Å². The number of para-hydroxylation sites is 1. The van der Waals surface area contributed by atoms with E-state index in [4.69, 9.17) is 4.98 Å². The summed E-state index contributed by atoms with van der Waals surface area (Å²) in [6.07, 6.45) is 2.81. The van der Waals surface area contributed by atoms with Crippen LogP contribution in [0.5, 0.6) is 0 Å². The molecule has 1 aromatic carbocycles. The third kappa shape index (κ3) is 4.15. The SMILES string of the molecule is C[C@@H]1Cc2c([nH]c3ccccc23)C(c2cnc3[nH]c(CN4CC(CF)C4)cc3c2)N1CC(C)(C)F. The second-order valence-corrected chi connectivity index (χ2v) is 11.1. The summed E-state index contributed by atoms with van der Waals surface area (Å²) < 4.78 is 27.8. The molecule has 2 aliphatic heterocycles. The lowest BCUT2D eigenvalue weighted by Crippen LogP contribution is -2.47. The maximum Gasteiger partial charge on any atom is 0.137 e. The number of alkyl halides is 2. The molecule has 0 amide bonds. The van der Waals surface area contributed by atoms with Crippen LogP contribution in [0.4, 0.5) is 8.78 Å². The van der Waals surface area contributed by atoms with Gasteiger partial charge in [-0.2, -0.15) is 0 Å². The molecule has 3 aromatic heterocycles. The Labute approximate surface area is 204 Å². The van der Waals surface area contributed by atoms with Crippen LogP contribution < -0.4 is 0 Å². The van der Waals surface area contributed by atoms with Crippen LogP contribution in [0.1, 0.15) is 49.3 Å². The Kier molecular flexibility index (Phi) is 5.45. The van der Waals surface area contributed by atoms with Crippen molar-refractivity contribution in [3.05, 3.63) is 65.1 Å². The predicted octanol–water partition coefficient (Wildman–Crippen LogP) is 5.53. The van der Waals surface area contributed by atoms with Crippen molar-refractivity contribution >= 4 is 21.9 Å². The fourth-order valence-corrected chi connectivity index (χ4v) is 6.01. The molecule has 0 bridgehead atoms. The van der Waals surface area contributed by atoms with Gasteiger partial charge in [-0.25, -0.2) is 9.37 Å². The fourth-order valence-electron chi connectivity index (χ4n) is 6.01. The normalized spacial score (nSPS) is 22.1. The van der Waals surface area contributed by atoms with E-state index in [9.17, 15) is 8.78 Å². The van der Waals surface area contributed by atoms with Gasteiger partial charge in [-0.05, 0) is 56.5 Å². The highest BCUT2D eigenvalue weighted by atomic mass is 19.1. The number of aromatic nitrogens is 3. The van der Waals surface area contributed by atoms with Gasteiger partial charge in [-0.1, -0.05) is 18.2 Å². The second kappa shape index (κ2) is 8.42. The summed E-state index contributed by atoms with van der Waals surface area (Å²) >= 11 is 0. The second-order valence-electron chi connectivity index (χ2n) is 11.1. The first-order valence-electron chi connectivity index (χ1n) is 12.6. The highest BCUT2D eigenvalue weighted by Gasteiger charge is 2.38. The molecule has 5 heterocycles. The molecule has 5 nitrogen and oxygen atoms in total. The summed E-state index contributed by atoms with van der Waals surface area (Å²) in [6.45, 7) is 7.99. The van der Waals surface area contributed by atoms with E-state index in [0.717, 1.165) is 59.6 Å². The van der Waals surface area contributed by atoms with E-state index in [2.05, 4.69) is 57.0 Å². The van der Waals surface area contributed by atoms with Crippen LogP contribution in [0.15, 0.2) is 42.6 Å². The van der Waals surface area contributed by atoms with Gasteiger partial charge >= 0.3 is 0 Å². The number of benzene rings is 1. The molecule has 2 atom stereocenters. The molecular weight excluding hydrogens is 444 g/mol. The molecule has 2 N–H and O–H groups in total. The standard InChI is InChI=1S/C28H33F2N5/c1-17-8-23-22-6-4-5-7-24(22)33-25(23)26(35(17)16-28(2,3)30)20-9-19-10-21(32-27(19)31-12-20)15-34-13-18(11-29)14-34/h4-7,9-10,12,17-18,26,33H,8,11,13-16H2,1-3H3,(H,31,32)/t17-,26?/m1/s1. The Morgan fingerprint density at radius 3 is 2.71 bits per heavy atom. The summed E-state index contributed by atoms with van der Waals surface area (Å²) in [6, 6.07) is 12.8. The van der Waals surface area contributed by atoms with Gasteiger partial charge in [0.15, 0.2) is 0 Å². The number of aromatic amines is 2. The number of likely N-dealkylation sites (tertiary alicyclic amines) is 1. The lowest BCUT2D eigenvalue weighted by atomic mass is 9.88. The number of nitrogens with zero attached hydrogens (tertiary/aromatic N) is 3. The highest BCUT2D eigenvalue weighted by molar-refractivity contribution is 5.85. The first-order chi connectivity index (χ1) is 16.8. The zero-order valence-electron chi connectivity index (χ0n) is 20.6. The van der Waals surface area contributed by atoms with Crippen LogP contribution in [0.25, 0.3) is 21.9 Å². The number of halogens is 2. The van der Waals surface area contributed by atoms with Crippen LogP contribution in [0.3, 0.4) is 0 Å². The number of H-pyrrole nitrogens is 2. The first-order valence-corrected chi connectivity index (χ1v) is 12.6. The molecule has 0 saturated carbocycles. The smallest absolute Gasteiger partial charge is 0.137 e. The largest absolute Gasteiger partial charge is 0.357 e. The molecule has 2 aliphatic rings. The van der Waals surface area contributed by atoms with Gasteiger partial charge in [0.2, 0.25) is 0 Å². The van der Waals surface area contributed by atoms with Crippen molar-refractivity contribution in [2.24, 2.45) is 5.92 Å². The van der Waals surface area contributed by atoms with Crippen molar-refractivity contribution in [3.63, 3.8) is 0 Å². The van der Waals surface area contributed by atoms with Crippen molar-refractivity contribution < 1.29 is 8.78 Å². The zero-order valence-corrected chi connectivity index (χ0v) is 20.6. The Morgan fingerprint density at radius 2 is 1.94 bits per heavy atom. The van der Waals surface area contributed by atoms with Crippen molar-refractivity contribution in [1.82, 2.24) is 24.8 Å². The summed E-state index contributed by atoms with van der Waals surface area (Å²) in [5, 5.41) is 2.30. The molecule has 6 rings (SSSR count). The molecule has 0 spiro atoms. The number of nitrogens with one attached hydrogen (secondary N) is 2. The molecule has 184 valence electrons. The Balaban J connectivity index is 1.39. The average molecular weight is 478 g/mol. The van der Waals surface area contributed by atoms with Gasteiger partial charge in [0, 0.05) is 72.0 Å². The molecule has 35 heavy (non-hydrogen) atoms. The van der Waals surface area contributed by atoms with Crippen molar-refractivity contribution in [2.75, 3.05) is 26.3 Å². The first kappa shape index (κ1) is 22.7. The molecule has 4 aromatic rings. The molecule has 1 unspecified atom stereocenters. The number of pyridine rings is 1.